The summed E-state index contributed by atoms with van der Waals surface area (Å²) in [5.74, 6) is 0.458. The predicted molar refractivity (Wildman–Crippen MR) is 65.6 cm³/mol. The Labute approximate surface area is 104 Å². The number of nitrogens with one attached hydrogen (secondary N) is 1. The molecule has 0 spiro atoms. The van der Waals surface area contributed by atoms with Gasteiger partial charge in [-0.1, -0.05) is 17.3 Å². The Balaban J connectivity index is 1.75. The number of carbonyl (C=O) groups is 1. The fourth-order valence-corrected chi connectivity index (χ4v) is 1.57. The summed E-state index contributed by atoms with van der Waals surface area (Å²) in [6.07, 6.45) is 2.18. The molecule has 6 heteroatoms. The molecule has 0 aliphatic rings. The number of hydrogen-bond donors (Lipinski definition) is 2. The lowest BCUT2D eigenvalue weighted by molar-refractivity contribution is -0.120. The normalized spacial score (nSPS) is 10.2. The van der Waals surface area contributed by atoms with Gasteiger partial charge in [-0.15, -0.1) is 0 Å². The molecule has 0 fully saturated rings. The van der Waals surface area contributed by atoms with Crippen LogP contribution in [0, 0.1) is 0 Å². The second-order valence-corrected chi connectivity index (χ2v) is 3.86. The summed E-state index contributed by atoms with van der Waals surface area (Å²) in [5.41, 5.74) is 7.19. The smallest absolute Gasteiger partial charge is 0.228 e. The molecule has 2 aromatic rings. The Kier molecular flexibility index (Phi) is 3.90. The first-order chi connectivity index (χ1) is 8.74. The number of nitrogen functional groups attached to an aromatic ring is 1. The number of aromatic nitrogens is 2. The summed E-state index contributed by atoms with van der Waals surface area (Å²) in [6.45, 7) is 0.476. The second kappa shape index (κ2) is 5.81. The number of amides is 1. The van der Waals surface area contributed by atoms with E-state index in [1.54, 1.807) is 12.1 Å². The number of nitrogens with two attached hydrogens (primary N) is 1. The van der Waals surface area contributed by atoms with E-state index in [0.29, 0.717) is 31.0 Å². The Morgan fingerprint density at radius 3 is 3.06 bits per heavy atom. The number of anilines is 1. The van der Waals surface area contributed by atoms with Gasteiger partial charge >= 0.3 is 0 Å². The maximum atomic E-state index is 11.6. The van der Waals surface area contributed by atoms with Gasteiger partial charge in [0.05, 0.1) is 6.42 Å². The van der Waals surface area contributed by atoms with Crippen molar-refractivity contribution in [2.24, 2.45) is 0 Å². The van der Waals surface area contributed by atoms with Crippen LogP contribution in [0.5, 0.6) is 0 Å². The first-order valence-corrected chi connectivity index (χ1v) is 5.61. The van der Waals surface area contributed by atoms with Crippen LogP contribution in [-0.2, 0) is 17.6 Å². The molecule has 0 radical (unpaired) electrons. The molecule has 0 unspecified atom stereocenters. The molecular formula is C12H14N4O2. The lowest BCUT2D eigenvalue weighted by Crippen LogP contribution is -2.27. The number of benzene rings is 1. The summed E-state index contributed by atoms with van der Waals surface area (Å²) >= 11 is 0. The van der Waals surface area contributed by atoms with Crippen molar-refractivity contribution in [3.63, 3.8) is 0 Å². The van der Waals surface area contributed by atoms with Crippen LogP contribution in [0.1, 0.15) is 11.5 Å². The van der Waals surface area contributed by atoms with E-state index in [4.69, 9.17) is 10.3 Å². The number of hydrogen-bond acceptors (Lipinski definition) is 5. The van der Waals surface area contributed by atoms with Crippen molar-refractivity contribution < 1.29 is 9.32 Å². The summed E-state index contributed by atoms with van der Waals surface area (Å²) in [7, 11) is 0. The summed E-state index contributed by atoms with van der Waals surface area (Å²) in [5, 5.41) is 6.27. The predicted octanol–water partition coefficient (Wildman–Crippen LogP) is 0.553. The molecule has 0 aliphatic heterocycles. The van der Waals surface area contributed by atoms with Gasteiger partial charge in [0.15, 0.2) is 6.33 Å². The van der Waals surface area contributed by atoms with Crippen LogP contribution in [-0.4, -0.2) is 22.6 Å². The quantitative estimate of drug-likeness (QED) is 0.751. The van der Waals surface area contributed by atoms with E-state index >= 15 is 0 Å². The minimum Gasteiger partial charge on any atom is -0.399 e. The standard InChI is InChI=1S/C12H14N4O2/c13-10-3-1-2-9(6-10)7-11(17)14-5-4-12-15-8-16-18-12/h1-3,6,8H,4-5,7,13H2,(H,14,17). The zero-order valence-electron chi connectivity index (χ0n) is 9.80. The molecule has 1 aromatic carbocycles. The van der Waals surface area contributed by atoms with Crippen LogP contribution < -0.4 is 11.1 Å². The molecule has 0 aliphatic carbocycles. The molecule has 1 aromatic heterocycles. The zero-order chi connectivity index (χ0) is 12.8. The van der Waals surface area contributed by atoms with Gasteiger partial charge in [-0.05, 0) is 17.7 Å². The van der Waals surface area contributed by atoms with Crippen LogP contribution in [0.15, 0.2) is 35.1 Å². The van der Waals surface area contributed by atoms with Crippen molar-refractivity contribution in [1.29, 1.82) is 0 Å². The topological polar surface area (TPSA) is 94.0 Å². The van der Waals surface area contributed by atoms with Gasteiger partial charge in [-0.25, -0.2) is 0 Å². The average molecular weight is 246 g/mol. The van der Waals surface area contributed by atoms with Crippen molar-refractivity contribution in [3.05, 3.63) is 42.0 Å². The highest BCUT2D eigenvalue weighted by Gasteiger charge is 2.04. The third kappa shape index (κ3) is 3.58. The van der Waals surface area contributed by atoms with E-state index in [9.17, 15) is 4.79 Å². The second-order valence-electron chi connectivity index (χ2n) is 3.86. The van der Waals surface area contributed by atoms with E-state index in [1.165, 1.54) is 6.33 Å². The maximum Gasteiger partial charge on any atom is 0.228 e. The largest absolute Gasteiger partial charge is 0.399 e. The summed E-state index contributed by atoms with van der Waals surface area (Å²) in [4.78, 5) is 15.5. The zero-order valence-corrected chi connectivity index (χ0v) is 9.80. The molecule has 0 saturated heterocycles. The highest BCUT2D eigenvalue weighted by molar-refractivity contribution is 5.78. The van der Waals surface area contributed by atoms with E-state index in [2.05, 4.69) is 15.5 Å². The number of carbonyl (C=O) groups excluding carboxylic acids is 1. The van der Waals surface area contributed by atoms with Crippen LogP contribution >= 0.6 is 0 Å². The van der Waals surface area contributed by atoms with Gasteiger partial charge in [0.2, 0.25) is 11.8 Å². The minimum atomic E-state index is -0.0554. The molecule has 0 atom stereocenters. The fourth-order valence-electron chi connectivity index (χ4n) is 1.57. The van der Waals surface area contributed by atoms with Crippen LogP contribution in [0.4, 0.5) is 5.69 Å². The van der Waals surface area contributed by atoms with Crippen LogP contribution in [0.3, 0.4) is 0 Å². The first-order valence-electron chi connectivity index (χ1n) is 5.61. The first kappa shape index (κ1) is 12.1. The van der Waals surface area contributed by atoms with E-state index in [0.717, 1.165) is 5.56 Å². The van der Waals surface area contributed by atoms with Gasteiger partial charge in [-0.3, -0.25) is 4.79 Å². The van der Waals surface area contributed by atoms with Gasteiger partial charge in [-0.2, -0.15) is 4.98 Å². The van der Waals surface area contributed by atoms with Crippen molar-refractivity contribution >= 4 is 11.6 Å². The van der Waals surface area contributed by atoms with Crippen LogP contribution in [0.25, 0.3) is 0 Å². The Bertz CT molecular complexity index is 511. The molecule has 6 nitrogen and oxygen atoms in total. The monoisotopic (exact) mass is 246 g/mol. The molecule has 94 valence electrons. The molecule has 0 saturated carbocycles. The molecular weight excluding hydrogens is 232 g/mol. The summed E-state index contributed by atoms with van der Waals surface area (Å²) < 4.78 is 4.82. The third-order valence-corrected chi connectivity index (χ3v) is 2.38. The number of rotatable bonds is 5. The Morgan fingerprint density at radius 2 is 2.33 bits per heavy atom. The molecule has 2 rings (SSSR count). The molecule has 1 heterocycles. The van der Waals surface area contributed by atoms with Gasteiger partial charge in [0.1, 0.15) is 0 Å². The third-order valence-electron chi connectivity index (χ3n) is 2.38. The SMILES string of the molecule is Nc1cccc(CC(=O)NCCc2ncno2)c1. The van der Waals surface area contributed by atoms with Gasteiger partial charge < -0.3 is 15.6 Å². The molecule has 1 amide bonds. The van der Waals surface area contributed by atoms with Crippen LogP contribution in [0.2, 0.25) is 0 Å². The lowest BCUT2D eigenvalue weighted by atomic mass is 10.1. The maximum absolute atomic E-state index is 11.6. The highest BCUT2D eigenvalue weighted by atomic mass is 16.5. The van der Waals surface area contributed by atoms with E-state index in [1.807, 2.05) is 12.1 Å². The Morgan fingerprint density at radius 1 is 1.44 bits per heavy atom. The van der Waals surface area contributed by atoms with E-state index in [-0.39, 0.29) is 5.91 Å². The highest BCUT2D eigenvalue weighted by Crippen LogP contribution is 2.06. The van der Waals surface area contributed by atoms with Crippen molar-refractivity contribution in [2.75, 3.05) is 12.3 Å². The average Bonchev–Trinajstić information content (AvgIpc) is 2.82. The van der Waals surface area contributed by atoms with Crippen molar-refractivity contribution in [1.82, 2.24) is 15.5 Å². The lowest BCUT2D eigenvalue weighted by Gasteiger charge is -2.04. The molecule has 0 bridgehead atoms. The molecule has 3 N–H and O–H groups in total. The number of nitrogens with zero attached hydrogens (tertiary/aromatic N) is 2. The van der Waals surface area contributed by atoms with Crippen molar-refractivity contribution in [3.8, 4) is 0 Å². The molecule has 18 heavy (non-hydrogen) atoms. The fraction of sp³-hybridized carbons (Fsp3) is 0.250. The van der Waals surface area contributed by atoms with Gasteiger partial charge in [0, 0.05) is 18.7 Å². The Hall–Kier alpha value is -2.37. The minimum absolute atomic E-state index is 0.0554. The van der Waals surface area contributed by atoms with Crippen molar-refractivity contribution in [2.45, 2.75) is 12.8 Å². The van der Waals surface area contributed by atoms with Gasteiger partial charge in [0.25, 0.3) is 0 Å². The summed E-state index contributed by atoms with van der Waals surface area (Å²) in [6, 6.07) is 7.28. The van der Waals surface area contributed by atoms with E-state index < -0.39 is 0 Å².